The van der Waals surface area contributed by atoms with E-state index in [2.05, 4.69) is 45.3 Å². The van der Waals surface area contributed by atoms with Crippen LogP contribution in [0, 0.1) is 6.92 Å². The summed E-state index contributed by atoms with van der Waals surface area (Å²) in [6.45, 7) is 3.71. The van der Waals surface area contributed by atoms with E-state index in [0.717, 1.165) is 29.5 Å². The van der Waals surface area contributed by atoms with Gasteiger partial charge < -0.3 is 10.1 Å². The van der Waals surface area contributed by atoms with Gasteiger partial charge in [0.1, 0.15) is 5.75 Å². The minimum absolute atomic E-state index is 0.815. The van der Waals surface area contributed by atoms with E-state index in [-0.39, 0.29) is 0 Å². The van der Waals surface area contributed by atoms with Crippen molar-refractivity contribution in [2.45, 2.75) is 20.0 Å². The molecule has 3 aromatic rings. The van der Waals surface area contributed by atoms with Crippen LogP contribution in [-0.4, -0.2) is 16.5 Å². The van der Waals surface area contributed by atoms with Crippen molar-refractivity contribution < 1.29 is 4.74 Å². The fourth-order valence-electron chi connectivity index (χ4n) is 2.22. The Bertz CT molecular complexity index is 700. The van der Waals surface area contributed by atoms with Crippen LogP contribution in [0.25, 0.3) is 4.96 Å². The third kappa shape index (κ3) is 2.55. The molecule has 5 heteroatoms. The topological polar surface area (TPSA) is 38.6 Å². The van der Waals surface area contributed by atoms with Gasteiger partial charge in [-0.25, -0.2) is 4.98 Å². The molecule has 0 atom stereocenters. The van der Waals surface area contributed by atoms with Crippen LogP contribution in [0.15, 0.2) is 35.8 Å². The molecule has 3 rings (SSSR count). The lowest BCUT2D eigenvalue weighted by Gasteiger charge is -2.06. The van der Waals surface area contributed by atoms with Crippen LogP contribution < -0.4 is 10.1 Å². The molecule has 0 fully saturated rings. The van der Waals surface area contributed by atoms with Crippen LogP contribution in [0.5, 0.6) is 5.75 Å². The van der Waals surface area contributed by atoms with E-state index in [1.165, 1.54) is 11.3 Å². The summed E-state index contributed by atoms with van der Waals surface area (Å²) in [5, 5.41) is 5.53. The number of nitrogens with one attached hydrogen (secondary N) is 1. The van der Waals surface area contributed by atoms with Gasteiger partial charge in [0.05, 0.1) is 18.5 Å². The molecule has 2 aromatic heterocycles. The van der Waals surface area contributed by atoms with Crippen LogP contribution in [0.3, 0.4) is 0 Å². The van der Waals surface area contributed by atoms with Crippen molar-refractivity contribution in [1.29, 1.82) is 0 Å². The maximum absolute atomic E-state index is 5.16. The Labute approximate surface area is 122 Å². The van der Waals surface area contributed by atoms with Crippen LogP contribution in [0.4, 0.5) is 0 Å². The smallest absolute Gasteiger partial charge is 0.194 e. The average Bonchev–Trinajstić information content (AvgIpc) is 3.02. The van der Waals surface area contributed by atoms with E-state index in [1.807, 2.05) is 12.1 Å². The lowest BCUT2D eigenvalue weighted by molar-refractivity contribution is 0.414. The lowest BCUT2D eigenvalue weighted by Crippen LogP contribution is -2.14. The molecule has 0 unspecified atom stereocenters. The molecular weight excluding hydrogens is 270 g/mol. The Morgan fingerprint density at radius 2 is 2.05 bits per heavy atom. The SMILES string of the molecule is COc1ccc(CNCc2c(C)nc3sccn23)cc1. The zero-order valence-electron chi connectivity index (χ0n) is 11.6. The van der Waals surface area contributed by atoms with Crippen LogP contribution in [-0.2, 0) is 13.1 Å². The lowest BCUT2D eigenvalue weighted by atomic mass is 10.2. The number of thiazole rings is 1. The standard InChI is InChI=1S/C15H17N3OS/c1-11-14(18-7-8-20-15(18)17-11)10-16-9-12-3-5-13(19-2)6-4-12/h3-8,16H,9-10H2,1-2H3. The Hall–Kier alpha value is -1.85. The molecule has 1 N–H and O–H groups in total. The third-order valence-electron chi connectivity index (χ3n) is 3.34. The van der Waals surface area contributed by atoms with Gasteiger partial charge in [-0.15, -0.1) is 11.3 Å². The molecule has 0 amide bonds. The van der Waals surface area contributed by atoms with Gasteiger partial charge in [0.25, 0.3) is 0 Å². The Balaban J connectivity index is 1.64. The first-order valence-electron chi connectivity index (χ1n) is 6.52. The van der Waals surface area contributed by atoms with E-state index < -0.39 is 0 Å². The number of ether oxygens (including phenoxy) is 1. The van der Waals surface area contributed by atoms with Crippen molar-refractivity contribution in [2.75, 3.05) is 7.11 Å². The van der Waals surface area contributed by atoms with Crippen molar-refractivity contribution in [3.8, 4) is 5.75 Å². The van der Waals surface area contributed by atoms with Gasteiger partial charge in [-0.2, -0.15) is 0 Å². The minimum Gasteiger partial charge on any atom is -0.497 e. The van der Waals surface area contributed by atoms with E-state index >= 15 is 0 Å². The van der Waals surface area contributed by atoms with Crippen LogP contribution in [0.1, 0.15) is 17.0 Å². The number of imidazole rings is 1. The number of hydrogen-bond donors (Lipinski definition) is 1. The van der Waals surface area contributed by atoms with Crippen molar-refractivity contribution in [1.82, 2.24) is 14.7 Å². The molecule has 104 valence electrons. The highest BCUT2D eigenvalue weighted by Gasteiger charge is 2.08. The molecule has 0 aliphatic carbocycles. The Kier molecular flexibility index (Phi) is 3.71. The summed E-state index contributed by atoms with van der Waals surface area (Å²) < 4.78 is 7.31. The molecule has 1 aromatic carbocycles. The number of rotatable bonds is 5. The van der Waals surface area contributed by atoms with Gasteiger partial charge in [-0.1, -0.05) is 12.1 Å². The normalized spacial score (nSPS) is 11.1. The molecule has 0 saturated carbocycles. The van der Waals surface area contributed by atoms with Gasteiger partial charge in [0.15, 0.2) is 4.96 Å². The largest absolute Gasteiger partial charge is 0.497 e. The van der Waals surface area contributed by atoms with Gasteiger partial charge in [0.2, 0.25) is 0 Å². The molecule has 20 heavy (non-hydrogen) atoms. The first-order chi connectivity index (χ1) is 9.78. The zero-order chi connectivity index (χ0) is 13.9. The van der Waals surface area contributed by atoms with E-state index in [4.69, 9.17) is 4.74 Å². The first kappa shape index (κ1) is 13.1. The van der Waals surface area contributed by atoms with Gasteiger partial charge in [0, 0.05) is 24.7 Å². The number of nitrogens with zero attached hydrogens (tertiary/aromatic N) is 2. The predicted octanol–water partition coefficient (Wildman–Crippen LogP) is 3.00. The molecule has 4 nitrogen and oxygen atoms in total. The summed E-state index contributed by atoms with van der Waals surface area (Å²) in [5.74, 6) is 0.889. The molecule has 0 spiro atoms. The molecule has 0 aliphatic rings. The first-order valence-corrected chi connectivity index (χ1v) is 7.40. The minimum atomic E-state index is 0.815. The number of benzene rings is 1. The summed E-state index contributed by atoms with van der Waals surface area (Å²) in [5.41, 5.74) is 3.57. The van der Waals surface area contributed by atoms with Gasteiger partial charge >= 0.3 is 0 Å². The second kappa shape index (κ2) is 5.64. The van der Waals surface area contributed by atoms with Gasteiger partial charge in [-0.05, 0) is 24.6 Å². The van der Waals surface area contributed by atoms with E-state index in [9.17, 15) is 0 Å². The number of methoxy groups -OCH3 is 1. The predicted molar refractivity (Wildman–Crippen MR) is 81.3 cm³/mol. The molecule has 0 radical (unpaired) electrons. The Morgan fingerprint density at radius 3 is 2.80 bits per heavy atom. The molecule has 0 aliphatic heterocycles. The highest BCUT2D eigenvalue weighted by atomic mass is 32.1. The fourth-order valence-corrected chi connectivity index (χ4v) is 3.00. The maximum atomic E-state index is 5.16. The molecular formula is C15H17N3OS. The highest BCUT2D eigenvalue weighted by molar-refractivity contribution is 7.15. The highest BCUT2D eigenvalue weighted by Crippen LogP contribution is 2.17. The molecule has 0 saturated heterocycles. The number of hydrogen-bond acceptors (Lipinski definition) is 4. The summed E-state index contributed by atoms with van der Waals surface area (Å²) in [6.07, 6.45) is 2.07. The van der Waals surface area contributed by atoms with Crippen LogP contribution in [0.2, 0.25) is 0 Å². The third-order valence-corrected chi connectivity index (χ3v) is 4.10. The van der Waals surface area contributed by atoms with Crippen molar-refractivity contribution in [2.24, 2.45) is 0 Å². The number of fused-ring (bicyclic) bond motifs is 1. The Morgan fingerprint density at radius 1 is 1.25 bits per heavy atom. The fraction of sp³-hybridized carbons (Fsp3) is 0.267. The number of aromatic nitrogens is 2. The second-order valence-electron chi connectivity index (χ2n) is 4.65. The summed E-state index contributed by atoms with van der Waals surface area (Å²) in [4.78, 5) is 5.61. The monoisotopic (exact) mass is 287 g/mol. The van der Waals surface area contributed by atoms with Crippen molar-refractivity contribution in [3.05, 3.63) is 52.8 Å². The van der Waals surface area contributed by atoms with E-state index in [0.29, 0.717) is 0 Å². The summed E-state index contributed by atoms with van der Waals surface area (Å²) >= 11 is 1.67. The summed E-state index contributed by atoms with van der Waals surface area (Å²) in [6, 6.07) is 8.13. The second-order valence-corrected chi connectivity index (χ2v) is 5.52. The van der Waals surface area contributed by atoms with Crippen LogP contribution >= 0.6 is 11.3 Å². The quantitative estimate of drug-likeness (QED) is 0.784. The molecule has 2 heterocycles. The summed E-state index contributed by atoms with van der Waals surface area (Å²) in [7, 11) is 1.68. The van der Waals surface area contributed by atoms with Crippen molar-refractivity contribution >= 4 is 16.3 Å². The number of aryl methyl sites for hydroxylation is 1. The zero-order valence-corrected chi connectivity index (χ0v) is 12.4. The molecule has 0 bridgehead atoms. The average molecular weight is 287 g/mol. The van der Waals surface area contributed by atoms with Gasteiger partial charge in [-0.3, -0.25) is 4.40 Å². The van der Waals surface area contributed by atoms with Crippen molar-refractivity contribution in [3.63, 3.8) is 0 Å². The maximum Gasteiger partial charge on any atom is 0.194 e. The van der Waals surface area contributed by atoms with E-state index in [1.54, 1.807) is 18.4 Å².